The normalized spacial score (nSPS) is 44.5. The largest absolute Gasteiger partial charge is 0.508 e. The summed E-state index contributed by atoms with van der Waals surface area (Å²) in [6, 6.07) is 5.82. The van der Waals surface area contributed by atoms with Gasteiger partial charge in [0.25, 0.3) is 0 Å². The number of phenolic OH excluding ortho intramolecular Hbond substituents is 1. The molecule has 1 heterocycles. The Morgan fingerprint density at radius 3 is 2.46 bits per heavy atom. The fourth-order valence-corrected chi connectivity index (χ4v) is 5.59. The lowest BCUT2D eigenvalue weighted by molar-refractivity contribution is -0.152. The van der Waals surface area contributed by atoms with Gasteiger partial charge in [0, 0.05) is 5.92 Å². The number of epoxide rings is 1. The van der Waals surface area contributed by atoms with E-state index in [1.165, 1.54) is 24.3 Å². The zero-order chi connectivity index (χ0) is 20.5. The molecule has 2 saturated carbocycles. The Bertz CT molecular complexity index is 776. The molecular formula is C22H30O6. The Hall–Kier alpha value is -1.63. The summed E-state index contributed by atoms with van der Waals surface area (Å²) in [4.78, 5) is 12.8. The second kappa shape index (κ2) is 6.18. The summed E-state index contributed by atoms with van der Waals surface area (Å²) in [6.07, 6.45) is 0.139. The van der Waals surface area contributed by atoms with E-state index in [2.05, 4.69) is 6.92 Å². The molecule has 28 heavy (non-hydrogen) atoms. The van der Waals surface area contributed by atoms with Crippen molar-refractivity contribution in [1.82, 2.24) is 0 Å². The summed E-state index contributed by atoms with van der Waals surface area (Å²) < 4.78 is 11.7. The molecule has 6 nitrogen and oxygen atoms in total. The lowest BCUT2D eigenvalue weighted by atomic mass is 9.67. The lowest BCUT2D eigenvalue weighted by Crippen LogP contribution is -2.55. The van der Waals surface area contributed by atoms with Crippen LogP contribution in [0.15, 0.2) is 24.3 Å². The maximum Gasteiger partial charge on any atom is 0.338 e. The summed E-state index contributed by atoms with van der Waals surface area (Å²) in [5.41, 5.74) is -1.78. The number of aliphatic hydroxyl groups is 2. The number of phenols is 1. The Labute approximate surface area is 165 Å². The summed E-state index contributed by atoms with van der Waals surface area (Å²) in [5.74, 6) is -0.939. The van der Waals surface area contributed by atoms with Gasteiger partial charge in [-0.3, -0.25) is 0 Å². The quantitative estimate of drug-likeness (QED) is 0.542. The minimum absolute atomic E-state index is 0.0375. The van der Waals surface area contributed by atoms with E-state index in [9.17, 15) is 20.1 Å². The number of aromatic hydroxyl groups is 1. The summed E-state index contributed by atoms with van der Waals surface area (Å²) in [7, 11) is 0. The predicted octanol–water partition coefficient (Wildman–Crippen LogP) is 2.64. The van der Waals surface area contributed by atoms with Gasteiger partial charge >= 0.3 is 5.97 Å². The van der Waals surface area contributed by atoms with Crippen molar-refractivity contribution < 1.29 is 29.6 Å². The molecule has 7 atom stereocenters. The van der Waals surface area contributed by atoms with Crippen molar-refractivity contribution in [2.24, 2.45) is 17.3 Å². The fraction of sp³-hybridized carbons (Fsp3) is 0.682. The van der Waals surface area contributed by atoms with Crippen LogP contribution in [0.25, 0.3) is 0 Å². The highest BCUT2D eigenvalue weighted by atomic mass is 16.6. The third kappa shape index (κ3) is 2.77. The molecule has 0 unspecified atom stereocenters. The molecule has 2 aliphatic carbocycles. The van der Waals surface area contributed by atoms with E-state index < -0.39 is 29.4 Å². The SMILES string of the molecule is CC(C)[C@]1(O)CC[C@]2(C)C[C@@H]3O[C@]3(C)[C@@H](O)[C@H](OC(=O)c3ccc(O)cc3)[C@H]21. The highest BCUT2D eigenvalue weighted by Crippen LogP contribution is 2.63. The first-order valence-electron chi connectivity index (χ1n) is 10.1. The summed E-state index contributed by atoms with van der Waals surface area (Å²) >= 11 is 0. The van der Waals surface area contributed by atoms with Gasteiger partial charge in [-0.25, -0.2) is 4.79 Å². The van der Waals surface area contributed by atoms with Gasteiger partial charge in [-0.2, -0.15) is 0 Å². The second-order valence-electron chi connectivity index (χ2n) is 9.63. The Morgan fingerprint density at radius 2 is 1.86 bits per heavy atom. The van der Waals surface area contributed by atoms with Crippen LogP contribution in [0.4, 0.5) is 0 Å². The van der Waals surface area contributed by atoms with Crippen molar-refractivity contribution >= 4 is 5.97 Å². The molecule has 0 spiro atoms. The van der Waals surface area contributed by atoms with E-state index in [1.807, 2.05) is 20.8 Å². The van der Waals surface area contributed by atoms with Crippen molar-refractivity contribution in [3.63, 3.8) is 0 Å². The van der Waals surface area contributed by atoms with E-state index in [4.69, 9.17) is 9.47 Å². The number of hydrogen-bond acceptors (Lipinski definition) is 6. The minimum Gasteiger partial charge on any atom is -0.508 e. The molecule has 0 amide bonds. The molecule has 6 heteroatoms. The Kier molecular flexibility index (Phi) is 4.34. The van der Waals surface area contributed by atoms with Crippen molar-refractivity contribution in [3.8, 4) is 5.75 Å². The van der Waals surface area contributed by atoms with Crippen LogP contribution in [-0.2, 0) is 9.47 Å². The fourth-order valence-electron chi connectivity index (χ4n) is 5.59. The van der Waals surface area contributed by atoms with Crippen molar-refractivity contribution in [2.45, 2.75) is 76.5 Å². The molecule has 154 valence electrons. The van der Waals surface area contributed by atoms with Crippen molar-refractivity contribution in [2.75, 3.05) is 0 Å². The first-order valence-corrected chi connectivity index (χ1v) is 10.1. The summed E-state index contributed by atoms with van der Waals surface area (Å²) in [5, 5.41) is 32.2. The van der Waals surface area contributed by atoms with Crippen LogP contribution in [0, 0.1) is 17.3 Å². The molecule has 1 aliphatic heterocycles. The first kappa shape index (κ1) is 19.7. The maximum atomic E-state index is 12.8. The highest BCUT2D eigenvalue weighted by molar-refractivity contribution is 5.89. The number of aliphatic hydroxyl groups excluding tert-OH is 1. The van der Waals surface area contributed by atoms with Gasteiger partial charge in [0.1, 0.15) is 23.6 Å². The molecule has 3 aliphatic rings. The van der Waals surface area contributed by atoms with Crippen LogP contribution in [0.2, 0.25) is 0 Å². The van der Waals surface area contributed by atoms with Crippen molar-refractivity contribution in [1.29, 1.82) is 0 Å². The van der Waals surface area contributed by atoms with Crippen LogP contribution in [0.5, 0.6) is 5.75 Å². The first-order chi connectivity index (χ1) is 13.0. The number of carbonyl (C=O) groups excluding carboxylic acids is 1. The van der Waals surface area contributed by atoms with Crippen LogP contribution in [0.1, 0.15) is 57.3 Å². The van der Waals surface area contributed by atoms with Crippen LogP contribution in [-0.4, -0.2) is 50.8 Å². The number of benzene rings is 1. The van der Waals surface area contributed by atoms with Gasteiger partial charge in [-0.1, -0.05) is 20.8 Å². The molecule has 1 aromatic carbocycles. The second-order valence-corrected chi connectivity index (χ2v) is 9.63. The number of rotatable bonds is 3. The minimum atomic E-state index is -1.03. The third-order valence-electron chi connectivity index (χ3n) is 7.59. The van der Waals surface area contributed by atoms with Gasteiger partial charge in [0.2, 0.25) is 0 Å². The standard InChI is InChI=1S/C22H30O6/c1-12(2)22(26)10-9-20(3)11-15-21(4,28-15)18(24)16(17(20)22)27-19(25)13-5-7-14(23)8-6-13/h5-8,12,15-18,23-24,26H,9-11H2,1-4H3/t15-,16+,17+,18-,20+,21-,22+/m0/s1. The molecular weight excluding hydrogens is 360 g/mol. The monoisotopic (exact) mass is 390 g/mol. The number of ether oxygens (including phenoxy) is 2. The molecule has 3 fully saturated rings. The van der Waals surface area contributed by atoms with Gasteiger partial charge in [-0.05, 0) is 61.8 Å². The maximum absolute atomic E-state index is 12.8. The zero-order valence-electron chi connectivity index (χ0n) is 16.9. The Balaban J connectivity index is 1.72. The number of carbonyl (C=O) groups is 1. The number of esters is 1. The predicted molar refractivity (Wildman–Crippen MR) is 102 cm³/mol. The molecule has 4 rings (SSSR count). The van der Waals surface area contributed by atoms with E-state index >= 15 is 0 Å². The number of fused-ring (bicyclic) bond motifs is 2. The lowest BCUT2D eigenvalue weighted by Gasteiger charge is -2.45. The molecule has 1 aromatic rings. The smallest absolute Gasteiger partial charge is 0.338 e. The summed E-state index contributed by atoms with van der Waals surface area (Å²) in [6.45, 7) is 7.91. The molecule has 0 radical (unpaired) electrons. The van der Waals surface area contributed by atoms with Crippen molar-refractivity contribution in [3.05, 3.63) is 29.8 Å². The zero-order valence-corrected chi connectivity index (χ0v) is 16.9. The van der Waals surface area contributed by atoms with Gasteiger partial charge in [0.05, 0.1) is 17.3 Å². The topological polar surface area (TPSA) is 99.5 Å². The molecule has 0 bridgehead atoms. The van der Waals surface area contributed by atoms with Gasteiger partial charge < -0.3 is 24.8 Å². The van der Waals surface area contributed by atoms with E-state index in [1.54, 1.807) is 0 Å². The number of hydrogen-bond donors (Lipinski definition) is 3. The van der Waals surface area contributed by atoms with Gasteiger partial charge in [0.15, 0.2) is 0 Å². The van der Waals surface area contributed by atoms with Crippen LogP contribution < -0.4 is 0 Å². The third-order valence-corrected chi connectivity index (χ3v) is 7.59. The van der Waals surface area contributed by atoms with Crippen LogP contribution in [0.3, 0.4) is 0 Å². The van der Waals surface area contributed by atoms with E-state index in [0.29, 0.717) is 12.0 Å². The van der Waals surface area contributed by atoms with E-state index in [0.717, 1.165) is 12.8 Å². The van der Waals surface area contributed by atoms with Crippen LogP contribution >= 0.6 is 0 Å². The molecule has 3 N–H and O–H groups in total. The highest BCUT2D eigenvalue weighted by Gasteiger charge is 2.71. The van der Waals surface area contributed by atoms with Gasteiger partial charge in [-0.15, -0.1) is 0 Å². The molecule has 1 saturated heterocycles. The average Bonchev–Trinajstić information content (AvgIpc) is 3.20. The molecule has 0 aromatic heterocycles. The average molecular weight is 390 g/mol. The van der Waals surface area contributed by atoms with E-state index in [-0.39, 0.29) is 29.1 Å². The Morgan fingerprint density at radius 1 is 1.21 bits per heavy atom.